The molecule has 2 unspecified atom stereocenters. The first-order chi connectivity index (χ1) is 37.6. The van der Waals surface area contributed by atoms with Crippen LogP contribution >= 0.6 is 0 Å². The number of aliphatic carboxylic acids is 1. The van der Waals surface area contributed by atoms with Crippen molar-refractivity contribution < 1.29 is 42.9 Å². The normalized spacial score (nSPS) is 13.7. The Labute approximate surface area is 471 Å². The van der Waals surface area contributed by atoms with Crippen LogP contribution in [0, 0.1) is 0 Å². The molecule has 77 heavy (non-hydrogen) atoms. The van der Waals surface area contributed by atoms with Crippen molar-refractivity contribution in [3.63, 3.8) is 0 Å². The van der Waals surface area contributed by atoms with Crippen molar-refractivity contribution in [2.45, 2.75) is 232 Å². The van der Waals surface area contributed by atoms with Gasteiger partial charge in [0.2, 0.25) is 0 Å². The van der Waals surface area contributed by atoms with E-state index in [0.717, 1.165) is 89.9 Å². The van der Waals surface area contributed by atoms with Gasteiger partial charge in [0.05, 0.1) is 40.3 Å². The second-order valence-electron chi connectivity index (χ2n) is 20.9. The van der Waals surface area contributed by atoms with Gasteiger partial charge in [0, 0.05) is 12.8 Å². The Morgan fingerprint density at radius 2 is 0.727 bits per heavy atom. The van der Waals surface area contributed by atoms with Crippen molar-refractivity contribution in [3.05, 3.63) is 134 Å². The molecular weight excluding hydrogens is 959 g/mol. The third-order valence-electron chi connectivity index (χ3n) is 12.4. The van der Waals surface area contributed by atoms with Crippen LogP contribution in [0.3, 0.4) is 0 Å². The van der Waals surface area contributed by atoms with Crippen LogP contribution in [0.1, 0.15) is 219 Å². The summed E-state index contributed by atoms with van der Waals surface area (Å²) >= 11 is 0. The summed E-state index contributed by atoms with van der Waals surface area (Å²) in [7, 11) is 5.89. The van der Waals surface area contributed by atoms with Gasteiger partial charge >= 0.3 is 11.9 Å². The average molecular weight is 1070 g/mol. The first-order valence-corrected chi connectivity index (χ1v) is 30.3. The largest absolute Gasteiger partial charge is 0.545 e. The third-order valence-corrected chi connectivity index (χ3v) is 12.4. The van der Waals surface area contributed by atoms with Gasteiger partial charge in [-0.15, -0.1) is 0 Å². The molecule has 0 aliphatic rings. The summed E-state index contributed by atoms with van der Waals surface area (Å²) in [5.41, 5.74) is 0. The molecule has 9 heteroatoms. The average Bonchev–Trinajstić information content (AvgIpc) is 3.40. The predicted molar refractivity (Wildman–Crippen MR) is 324 cm³/mol. The van der Waals surface area contributed by atoms with Crippen LogP contribution in [-0.4, -0.2) is 82.3 Å². The van der Waals surface area contributed by atoms with Gasteiger partial charge in [0.15, 0.2) is 12.4 Å². The molecule has 0 heterocycles. The van der Waals surface area contributed by atoms with Crippen LogP contribution in [0.2, 0.25) is 0 Å². The van der Waals surface area contributed by atoms with Gasteiger partial charge in [-0.2, -0.15) is 0 Å². The molecule has 0 amide bonds. The number of quaternary nitrogens is 1. The Morgan fingerprint density at radius 3 is 1.09 bits per heavy atom. The van der Waals surface area contributed by atoms with Crippen molar-refractivity contribution in [2.75, 3.05) is 47.5 Å². The highest BCUT2D eigenvalue weighted by atomic mass is 16.7. The molecule has 0 saturated heterocycles. The van der Waals surface area contributed by atoms with Crippen LogP contribution in [-0.2, 0) is 33.3 Å². The van der Waals surface area contributed by atoms with Gasteiger partial charge in [-0.1, -0.05) is 244 Å². The Hall–Kier alpha value is -4.57. The van der Waals surface area contributed by atoms with E-state index in [9.17, 15) is 19.5 Å². The van der Waals surface area contributed by atoms with E-state index in [2.05, 4.69) is 135 Å². The van der Waals surface area contributed by atoms with E-state index >= 15 is 0 Å². The highest BCUT2D eigenvalue weighted by Crippen LogP contribution is 2.16. The van der Waals surface area contributed by atoms with Crippen molar-refractivity contribution in [2.24, 2.45) is 0 Å². The molecule has 0 spiro atoms. The summed E-state index contributed by atoms with van der Waals surface area (Å²) in [4.78, 5) is 37.3. The Balaban J connectivity index is 4.21. The summed E-state index contributed by atoms with van der Waals surface area (Å²) in [5.74, 6) is -2.41. The molecule has 0 aromatic heterocycles. The molecule has 0 aromatic rings. The lowest BCUT2D eigenvalue weighted by atomic mass is 10.0. The lowest BCUT2D eigenvalue weighted by molar-refractivity contribution is -0.870. The van der Waals surface area contributed by atoms with Crippen LogP contribution in [0.5, 0.6) is 0 Å². The van der Waals surface area contributed by atoms with Gasteiger partial charge in [-0.25, -0.2) is 0 Å². The maximum Gasteiger partial charge on any atom is 0.306 e. The second kappa shape index (κ2) is 57.6. The number of carbonyl (C=O) groups is 3. The topological polar surface area (TPSA) is 111 Å². The van der Waals surface area contributed by atoms with Crippen LogP contribution < -0.4 is 5.11 Å². The molecule has 436 valence electrons. The fourth-order valence-corrected chi connectivity index (χ4v) is 7.82. The lowest BCUT2D eigenvalue weighted by Gasteiger charge is -2.26. The molecule has 0 aliphatic heterocycles. The van der Waals surface area contributed by atoms with E-state index in [4.69, 9.17) is 18.9 Å². The quantitative estimate of drug-likeness (QED) is 0.0195. The SMILES string of the molecule is CC/C=C\C/C=C\C/C=C\C/C=C\C/C=C\C/C=C\CCC(=O)OC(COC(=O)CCCCCCCCCCCCCCCCCCC/C=C\C/C=C\C/C=C\C/C=C\C/C=C\CC)COC(OCC[N+](C)(C)C)C(=O)[O-]. The molecule has 2 atom stereocenters. The van der Waals surface area contributed by atoms with Gasteiger partial charge < -0.3 is 33.3 Å². The number of unbranched alkanes of at least 4 members (excludes halogenated alkanes) is 17. The number of carbonyl (C=O) groups excluding carboxylic acids is 3. The molecule has 0 aromatic carbocycles. The fourth-order valence-electron chi connectivity index (χ4n) is 7.82. The number of hydrogen-bond donors (Lipinski definition) is 0. The summed E-state index contributed by atoms with van der Waals surface area (Å²) in [6.45, 7) is 4.42. The summed E-state index contributed by atoms with van der Waals surface area (Å²) in [6.07, 6.45) is 79.6. The first kappa shape index (κ1) is 72.4. The van der Waals surface area contributed by atoms with Gasteiger partial charge in [0.1, 0.15) is 13.2 Å². The fraction of sp³-hybridized carbons (Fsp3) is 0.632. The minimum atomic E-state index is -1.65. The Bertz CT molecular complexity index is 1720. The first-order valence-electron chi connectivity index (χ1n) is 30.3. The van der Waals surface area contributed by atoms with E-state index in [1.165, 1.54) is 96.3 Å². The molecule has 0 rings (SSSR count). The highest BCUT2D eigenvalue weighted by Gasteiger charge is 2.21. The minimum absolute atomic E-state index is 0.117. The monoisotopic (exact) mass is 1070 g/mol. The molecule has 0 radical (unpaired) electrons. The van der Waals surface area contributed by atoms with E-state index in [1.807, 2.05) is 33.3 Å². The summed E-state index contributed by atoms with van der Waals surface area (Å²) in [5, 5.41) is 11.8. The standard InChI is InChI=1S/C68H111NO8/c1-6-8-10-12-14-16-18-20-22-24-26-27-28-29-30-31-32-33-34-35-36-37-38-39-41-42-44-46-48-50-52-54-56-58-65(70)75-62-64(63-76-68(67(72)73)74-61-60-69(3,4)5)77-66(71)59-57-55-53-51-49-47-45-43-40-25-23-21-19-17-15-13-11-9-7-2/h8-11,14-17,20-23,26-27,29-30,40,43,47,49,53,55,64,68H,6-7,12-13,18-19,24-25,28,31-39,41-42,44-46,48,50-52,54,56-63H2,1-5H3/b10-8-,11-9-,16-14-,17-15-,22-20-,23-21-,27-26-,30-29-,43-40-,49-47-,55-53-. The molecule has 0 fully saturated rings. The number of carboxylic acids is 1. The number of carboxylic acid groups (broad SMARTS) is 1. The maximum atomic E-state index is 12.8. The molecule has 0 saturated carbocycles. The molecule has 9 nitrogen and oxygen atoms in total. The summed E-state index contributed by atoms with van der Waals surface area (Å²) in [6, 6.07) is 0. The van der Waals surface area contributed by atoms with E-state index in [0.29, 0.717) is 17.4 Å². The lowest BCUT2D eigenvalue weighted by Crippen LogP contribution is -2.44. The zero-order valence-electron chi connectivity index (χ0n) is 49.5. The highest BCUT2D eigenvalue weighted by molar-refractivity contribution is 5.70. The van der Waals surface area contributed by atoms with Crippen molar-refractivity contribution in [3.8, 4) is 0 Å². The third kappa shape index (κ3) is 58.9. The Kier molecular flexibility index (Phi) is 54.2. The number of allylic oxidation sites excluding steroid dienone is 22. The number of hydrogen-bond acceptors (Lipinski definition) is 8. The smallest absolute Gasteiger partial charge is 0.306 e. The number of esters is 2. The van der Waals surface area contributed by atoms with Gasteiger partial charge in [0.25, 0.3) is 0 Å². The summed E-state index contributed by atoms with van der Waals surface area (Å²) < 4.78 is 22.6. The van der Waals surface area contributed by atoms with E-state index in [-0.39, 0.29) is 38.6 Å². The van der Waals surface area contributed by atoms with Crippen molar-refractivity contribution in [1.29, 1.82) is 0 Å². The number of rotatable bonds is 54. The molecule has 0 N–H and O–H groups in total. The molecule has 0 bridgehead atoms. The van der Waals surface area contributed by atoms with E-state index in [1.54, 1.807) is 0 Å². The number of likely N-dealkylation sites (N-methyl/N-ethyl adjacent to an activating group) is 1. The Morgan fingerprint density at radius 1 is 0.390 bits per heavy atom. The number of ether oxygens (including phenoxy) is 4. The molecule has 0 aliphatic carbocycles. The van der Waals surface area contributed by atoms with Crippen molar-refractivity contribution >= 4 is 17.9 Å². The molecular formula is C68H111NO8. The zero-order valence-corrected chi connectivity index (χ0v) is 49.5. The second-order valence-corrected chi connectivity index (χ2v) is 20.9. The van der Waals surface area contributed by atoms with Crippen LogP contribution in [0.15, 0.2) is 134 Å². The van der Waals surface area contributed by atoms with Crippen LogP contribution in [0.4, 0.5) is 0 Å². The number of nitrogens with zero attached hydrogens (tertiary/aromatic N) is 1. The minimum Gasteiger partial charge on any atom is -0.545 e. The van der Waals surface area contributed by atoms with Crippen molar-refractivity contribution in [1.82, 2.24) is 0 Å². The van der Waals surface area contributed by atoms with Gasteiger partial charge in [-0.05, 0) is 96.3 Å². The van der Waals surface area contributed by atoms with E-state index < -0.39 is 24.3 Å². The predicted octanol–water partition coefficient (Wildman–Crippen LogP) is 16.9. The van der Waals surface area contributed by atoms with Gasteiger partial charge in [-0.3, -0.25) is 9.59 Å². The maximum absolute atomic E-state index is 12.8. The zero-order chi connectivity index (χ0) is 56.2. The van der Waals surface area contributed by atoms with Crippen LogP contribution in [0.25, 0.3) is 0 Å².